The molecule has 0 unspecified atom stereocenters. The van der Waals surface area contributed by atoms with Crippen LogP contribution in [-0.4, -0.2) is 33.6 Å². The molecule has 1 fully saturated rings. The summed E-state index contributed by atoms with van der Waals surface area (Å²) in [6, 6.07) is 19.2. The van der Waals surface area contributed by atoms with E-state index in [1.807, 2.05) is 36.4 Å². The van der Waals surface area contributed by atoms with Gasteiger partial charge in [-0.05, 0) is 54.3 Å². The predicted molar refractivity (Wildman–Crippen MR) is 150 cm³/mol. The second-order valence-electron chi connectivity index (χ2n) is 9.97. The summed E-state index contributed by atoms with van der Waals surface area (Å²) in [6.07, 6.45) is 0.934. The van der Waals surface area contributed by atoms with Gasteiger partial charge in [0.25, 0.3) is 5.92 Å². The first kappa shape index (κ1) is 27.7. The van der Waals surface area contributed by atoms with Gasteiger partial charge in [0.1, 0.15) is 18.2 Å². The average molecular weight is 602 g/mol. The standard InChI is InChI=1S/C31H31BrF3NO3/c1-37-30(38-2)21-12-14-36(15-13-21)22-8-10-25(28(33)16-22)29-24-11-9-23(39-19-20-6-4-3-5-7-20)17-26(24)31(34,35)18-27(29)32/h3-11,16-17,21,30H,12-15,18-19H2,1-2H3. The van der Waals surface area contributed by atoms with Crippen molar-refractivity contribution in [2.75, 3.05) is 32.2 Å². The lowest BCUT2D eigenvalue weighted by Crippen LogP contribution is -2.39. The Hall–Kier alpha value is -2.81. The van der Waals surface area contributed by atoms with Crippen LogP contribution in [0.5, 0.6) is 5.75 Å². The summed E-state index contributed by atoms with van der Waals surface area (Å²) >= 11 is 3.35. The monoisotopic (exact) mass is 601 g/mol. The minimum absolute atomic E-state index is 0.164. The maximum Gasteiger partial charge on any atom is 0.278 e. The molecule has 0 atom stereocenters. The van der Waals surface area contributed by atoms with Crippen LogP contribution >= 0.6 is 15.9 Å². The number of fused-ring (bicyclic) bond motifs is 1. The number of methoxy groups -OCH3 is 2. The van der Waals surface area contributed by atoms with Gasteiger partial charge in [0.2, 0.25) is 0 Å². The van der Waals surface area contributed by atoms with Gasteiger partial charge in [-0.1, -0.05) is 52.3 Å². The number of rotatable bonds is 8. The number of piperidine rings is 1. The SMILES string of the molecule is COC(OC)C1CCN(c2ccc(C3=C(Br)CC(F)(F)c4cc(OCc5ccccc5)ccc43)c(F)c2)CC1. The predicted octanol–water partition coefficient (Wildman–Crippen LogP) is 7.89. The molecule has 2 aliphatic rings. The highest BCUT2D eigenvalue weighted by Crippen LogP contribution is 2.50. The first-order valence-electron chi connectivity index (χ1n) is 13.0. The van der Waals surface area contributed by atoms with Crippen molar-refractivity contribution in [3.8, 4) is 5.75 Å². The van der Waals surface area contributed by atoms with Crippen LogP contribution in [0.15, 0.2) is 71.2 Å². The number of benzene rings is 3. The first-order chi connectivity index (χ1) is 18.8. The summed E-state index contributed by atoms with van der Waals surface area (Å²) in [4.78, 5) is 2.13. The van der Waals surface area contributed by atoms with E-state index in [-0.39, 0.29) is 34.4 Å². The van der Waals surface area contributed by atoms with E-state index >= 15 is 13.2 Å². The molecular weight excluding hydrogens is 571 g/mol. The van der Waals surface area contributed by atoms with E-state index in [0.29, 0.717) is 16.9 Å². The minimum Gasteiger partial charge on any atom is -0.489 e. The molecule has 1 heterocycles. The lowest BCUT2D eigenvalue weighted by atomic mass is 9.84. The third kappa shape index (κ3) is 5.88. The third-order valence-electron chi connectivity index (χ3n) is 7.53. The van der Waals surface area contributed by atoms with Crippen LogP contribution in [0.25, 0.3) is 5.57 Å². The van der Waals surface area contributed by atoms with Gasteiger partial charge in [-0.2, -0.15) is 0 Å². The quantitative estimate of drug-likeness (QED) is 0.246. The Labute approximate surface area is 235 Å². The topological polar surface area (TPSA) is 30.9 Å². The van der Waals surface area contributed by atoms with E-state index in [1.54, 1.807) is 32.4 Å². The minimum atomic E-state index is -3.12. The van der Waals surface area contributed by atoms with Crippen LogP contribution in [0.2, 0.25) is 0 Å². The number of allylic oxidation sites excluding steroid dienone is 1. The van der Waals surface area contributed by atoms with Crippen molar-refractivity contribution in [3.63, 3.8) is 0 Å². The third-order valence-corrected chi connectivity index (χ3v) is 8.20. The van der Waals surface area contributed by atoms with Crippen molar-refractivity contribution < 1.29 is 27.4 Å². The van der Waals surface area contributed by atoms with Crippen LogP contribution in [0.1, 0.15) is 41.5 Å². The second-order valence-corrected chi connectivity index (χ2v) is 10.9. The average Bonchev–Trinajstić information content (AvgIpc) is 2.94. The number of anilines is 1. The molecule has 0 N–H and O–H groups in total. The molecular formula is C31H31BrF3NO3. The fourth-order valence-electron chi connectivity index (χ4n) is 5.50. The van der Waals surface area contributed by atoms with Crippen LogP contribution in [0, 0.1) is 11.7 Å². The smallest absolute Gasteiger partial charge is 0.278 e. The Kier molecular flexibility index (Phi) is 8.35. The van der Waals surface area contributed by atoms with Crippen molar-refractivity contribution >= 4 is 27.2 Å². The maximum atomic E-state index is 15.6. The molecule has 1 aliphatic carbocycles. The van der Waals surface area contributed by atoms with Crippen molar-refractivity contribution in [2.45, 2.75) is 38.1 Å². The van der Waals surface area contributed by atoms with Crippen molar-refractivity contribution in [1.82, 2.24) is 0 Å². The molecule has 1 saturated heterocycles. The van der Waals surface area contributed by atoms with Crippen LogP contribution in [0.3, 0.4) is 0 Å². The lowest BCUT2D eigenvalue weighted by molar-refractivity contribution is -0.141. The van der Waals surface area contributed by atoms with Crippen molar-refractivity contribution in [3.05, 3.63) is 99.3 Å². The molecule has 0 aromatic heterocycles. The molecule has 39 heavy (non-hydrogen) atoms. The summed E-state index contributed by atoms with van der Waals surface area (Å²) in [5.74, 6) is -2.94. The lowest BCUT2D eigenvalue weighted by Gasteiger charge is -2.36. The molecule has 0 bridgehead atoms. The van der Waals surface area contributed by atoms with E-state index in [2.05, 4.69) is 20.8 Å². The normalized spacial score (nSPS) is 17.5. The zero-order valence-electron chi connectivity index (χ0n) is 21.9. The van der Waals surface area contributed by atoms with E-state index in [0.717, 1.165) is 37.2 Å². The Morgan fingerprint density at radius 2 is 1.64 bits per heavy atom. The summed E-state index contributed by atoms with van der Waals surface area (Å²) < 4.78 is 62.9. The summed E-state index contributed by atoms with van der Waals surface area (Å²) in [5.41, 5.74) is 2.56. The van der Waals surface area contributed by atoms with Crippen LogP contribution < -0.4 is 9.64 Å². The molecule has 0 amide bonds. The zero-order valence-corrected chi connectivity index (χ0v) is 23.5. The van der Waals surface area contributed by atoms with Crippen molar-refractivity contribution in [2.24, 2.45) is 5.92 Å². The number of ether oxygens (including phenoxy) is 3. The summed E-state index contributed by atoms with van der Waals surface area (Å²) in [6.45, 7) is 1.77. The molecule has 0 saturated carbocycles. The summed E-state index contributed by atoms with van der Waals surface area (Å²) in [5, 5.41) is 0. The van der Waals surface area contributed by atoms with Crippen molar-refractivity contribution in [1.29, 1.82) is 0 Å². The van der Waals surface area contributed by atoms with Gasteiger partial charge in [0.05, 0.1) is 0 Å². The largest absolute Gasteiger partial charge is 0.489 e. The van der Waals surface area contributed by atoms with Gasteiger partial charge in [-0.25, -0.2) is 13.2 Å². The molecule has 8 heteroatoms. The number of alkyl halides is 2. The van der Waals surface area contributed by atoms with E-state index in [1.165, 1.54) is 12.1 Å². The fraction of sp³-hybridized carbons (Fsp3) is 0.355. The Morgan fingerprint density at radius 1 is 0.949 bits per heavy atom. The highest BCUT2D eigenvalue weighted by Gasteiger charge is 2.41. The first-order valence-corrected chi connectivity index (χ1v) is 13.8. The highest BCUT2D eigenvalue weighted by molar-refractivity contribution is 9.11. The number of nitrogens with zero attached hydrogens (tertiary/aromatic N) is 1. The molecule has 0 radical (unpaired) electrons. The zero-order chi connectivity index (χ0) is 27.6. The van der Waals surface area contributed by atoms with E-state index in [4.69, 9.17) is 14.2 Å². The number of hydrogen-bond donors (Lipinski definition) is 0. The van der Waals surface area contributed by atoms with E-state index in [9.17, 15) is 0 Å². The molecule has 5 rings (SSSR count). The molecule has 3 aromatic rings. The molecule has 1 aliphatic heterocycles. The number of halogens is 4. The maximum absolute atomic E-state index is 15.6. The Balaban J connectivity index is 1.38. The fourth-order valence-corrected chi connectivity index (χ4v) is 6.28. The van der Waals surface area contributed by atoms with Gasteiger partial charge in [0.15, 0.2) is 6.29 Å². The number of hydrogen-bond acceptors (Lipinski definition) is 4. The van der Waals surface area contributed by atoms with Gasteiger partial charge < -0.3 is 19.1 Å². The van der Waals surface area contributed by atoms with Gasteiger partial charge >= 0.3 is 0 Å². The molecule has 4 nitrogen and oxygen atoms in total. The second kappa shape index (κ2) is 11.7. The highest BCUT2D eigenvalue weighted by atomic mass is 79.9. The van der Waals surface area contributed by atoms with Gasteiger partial charge in [0, 0.05) is 66.5 Å². The van der Waals surface area contributed by atoms with Crippen LogP contribution in [-0.2, 0) is 22.0 Å². The molecule has 3 aromatic carbocycles. The molecule has 206 valence electrons. The Morgan fingerprint density at radius 3 is 2.31 bits per heavy atom. The van der Waals surface area contributed by atoms with E-state index < -0.39 is 18.2 Å². The molecule has 0 spiro atoms. The van der Waals surface area contributed by atoms with Gasteiger partial charge in [-0.3, -0.25) is 0 Å². The van der Waals surface area contributed by atoms with Crippen LogP contribution in [0.4, 0.5) is 18.9 Å². The van der Waals surface area contributed by atoms with Gasteiger partial charge in [-0.15, -0.1) is 0 Å². The summed E-state index contributed by atoms with van der Waals surface area (Å²) in [7, 11) is 3.28. The Bertz CT molecular complexity index is 1340.